The Morgan fingerprint density at radius 1 is 1.43 bits per heavy atom. The van der Waals surface area contributed by atoms with E-state index < -0.39 is 33.7 Å². The number of hydrogen-bond acceptors (Lipinski definition) is 3. The van der Waals surface area contributed by atoms with Crippen LogP contribution in [0.2, 0.25) is 0 Å². The third-order valence-corrected chi connectivity index (χ3v) is 3.15. The fourth-order valence-electron chi connectivity index (χ4n) is 1.63. The number of rotatable bonds is 6. The van der Waals surface area contributed by atoms with E-state index in [4.69, 9.17) is 11.6 Å². The molecule has 5 nitrogen and oxygen atoms in total. The van der Waals surface area contributed by atoms with E-state index in [1.54, 1.807) is 0 Å². The highest BCUT2D eigenvalue weighted by Gasteiger charge is 2.25. The molecule has 1 aromatic rings. The number of benzene rings is 1. The number of nitrogens with zero attached hydrogens (tertiary/aromatic N) is 1. The predicted molar refractivity (Wildman–Crippen MR) is 74.5 cm³/mol. The average Bonchev–Trinajstić information content (AvgIpc) is 2.38. The second-order valence-corrected chi connectivity index (χ2v) is 5.71. The Labute approximate surface area is 125 Å². The first-order valence-electron chi connectivity index (χ1n) is 6.15. The van der Waals surface area contributed by atoms with Crippen molar-refractivity contribution in [1.29, 1.82) is 0 Å². The predicted octanol–water partition coefficient (Wildman–Crippen LogP) is 3.26. The summed E-state index contributed by atoms with van der Waals surface area (Å²) in [6, 6.07) is 1.07. The van der Waals surface area contributed by atoms with Crippen molar-refractivity contribution in [2.45, 2.75) is 20.3 Å². The van der Waals surface area contributed by atoms with Crippen LogP contribution >= 0.6 is 11.6 Å². The van der Waals surface area contributed by atoms with Gasteiger partial charge >= 0.3 is 5.69 Å². The molecule has 0 saturated carbocycles. The molecule has 0 heterocycles. The first kappa shape index (κ1) is 17.3. The molecule has 1 rings (SSSR count). The van der Waals surface area contributed by atoms with Crippen molar-refractivity contribution < 1.29 is 18.5 Å². The molecule has 0 radical (unpaired) electrons. The van der Waals surface area contributed by atoms with Crippen molar-refractivity contribution in [2.24, 2.45) is 5.41 Å². The Kier molecular flexibility index (Phi) is 5.60. The molecular formula is C13H15ClF2N2O3. The molecule has 0 atom stereocenters. The Bertz CT molecular complexity index is 565. The van der Waals surface area contributed by atoms with E-state index in [2.05, 4.69) is 5.32 Å². The molecule has 0 spiro atoms. The summed E-state index contributed by atoms with van der Waals surface area (Å²) in [7, 11) is 0. The molecular weight excluding hydrogens is 306 g/mol. The van der Waals surface area contributed by atoms with Gasteiger partial charge in [-0.1, -0.05) is 13.8 Å². The number of amides is 1. The fourth-order valence-corrected chi connectivity index (χ4v) is 2.14. The van der Waals surface area contributed by atoms with Crippen LogP contribution in [0.15, 0.2) is 12.1 Å². The molecule has 0 aliphatic rings. The van der Waals surface area contributed by atoms with Crippen molar-refractivity contribution in [3.05, 3.63) is 39.4 Å². The Morgan fingerprint density at radius 2 is 2.05 bits per heavy atom. The maximum absolute atomic E-state index is 13.8. The normalized spacial score (nSPS) is 11.3. The van der Waals surface area contributed by atoms with Gasteiger partial charge < -0.3 is 5.32 Å². The summed E-state index contributed by atoms with van der Waals surface area (Å²) in [6.45, 7) is 3.88. The van der Waals surface area contributed by atoms with Gasteiger partial charge in [0, 0.05) is 12.4 Å². The summed E-state index contributed by atoms with van der Waals surface area (Å²) < 4.78 is 27.1. The molecule has 21 heavy (non-hydrogen) atoms. The van der Waals surface area contributed by atoms with Gasteiger partial charge in [-0.05, 0) is 17.9 Å². The average molecular weight is 321 g/mol. The van der Waals surface area contributed by atoms with Gasteiger partial charge in [-0.15, -0.1) is 11.6 Å². The van der Waals surface area contributed by atoms with Crippen molar-refractivity contribution in [1.82, 2.24) is 5.32 Å². The molecule has 8 heteroatoms. The highest BCUT2D eigenvalue weighted by atomic mass is 35.5. The smallest absolute Gasteiger partial charge is 0.308 e. The minimum Gasteiger partial charge on any atom is -0.351 e. The van der Waals surface area contributed by atoms with E-state index in [9.17, 15) is 23.7 Å². The molecule has 0 aliphatic heterocycles. The van der Waals surface area contributed by atoms with E-state index in [0.29, 0.717) is 24.4 Å². The molecule has 1 amide bonds. The number of carbonyl (C=O) groups excluding carboxylic acids is 1. The lowest BCUT2D eigenvalue weighted by molar-refractivity contribution is -0.387. The summed E-state index contributed by atoms with van der Waals surface area (Å²) in [5, 5.41) is 13.0. The van der Waals surface area contributed by atoms with Crippen LogP contribution in [-0.2, 0) is 0 Å². The van der Waals surface area contributed by atoms with Crippen molar-refractivity contribution in [3.63, 3.8) is 0 Å². The van der Waals surface area contributed by atoms with Crippen molar-refractivity contribution in [3.8, 4) is 0 Å². The number of halogens is 3. The summed E-state index contributed by atoms with van der Waals surface area (Å²) in [5.74, 6) is -2.91. The fraction of sp³-hybridized carbons (Fsp3) is 0.462. The van der Waals surface area contributed by atoms with Crippen LogP contribution in [0.5, 0.6) is 0 Å². The molecule has 0 unspecified atom stereocenters. The first-order valence-corrected chi connectivity index (χ1v) is 6.69. The van der Waals surface area contributed by atoms with Crippen LogP contribution in [0.25, 0.3) is 0 Å². The summed E-state index contributed by atoms with van der Waals surface area (Å²) in [5.41, 5.74) is -2.09. The van der Waals surface area contributed by atoms with E-state index in [1.807, 2.05) is 13.8 Å². The van der Waals surface area contributed by atoms with E-state index >= 15 is 0 Å². The lowest BCUT2D eigenvalue weighted by Gasteiger charge is -2.23. The van der Waals surface area contributed by atoms with Gasteiger partial charge in [-0.25, -0.2) is 4.39 Å². The highest BCUT2D eigenvalue weighted by molar-refractivity contribution is 6.17. The summed E-state index contributed by atoms with van der Waals surface area (Å²) in [4.78, 5) is 21.4. The number of nitro benzene ring substituents is 1. The van der Waals surface area contributed by atoms with Crippen LogP contribution < -0.4 is 5.32 Å². The Morgan fingerprint density at radius 3 is 2.57 bits per heavy atom. The second-order valence-electron chi connectivity index (χ2n) is 5.33. The summed E-state index contributed by atoms with van der Waals surface area (Å²) in [6.07, 6.45) is 0.612. The van der Waals surface area contributed by atoms with E-state index in [-0.39, 0.29) is 12.0 Å². The Hall–Kier alpha value is -1.76. The number of carbonyl (C=O) groups is 1. The third kappa shape index (κ3) is 4.63. The third-order valence-electron chi connectivity index (χ3n) is 2.96. The maximum Gasteiger partial charge on any atom is 0.308 e. The van der Waals surface area contributed by atoms with Crippen LogP contribution in [0.3, 0.4) is 0 Å². The van der Waals surface area contributed by atoms with Gasteiger partial charge in [-0.3, -0.25) is 14.9 Å². The van der Waals surface area contributed by atoms with Gasteiger partial charge in [0.05, 0.1) is 16.6 Å². The van der Waals surface area contributed by atoms with Gasteiger partial charge in [-0.2, -0.15) is 4.39 Å². The standard InChI is InChI=1S/C13H15ClF2N2O3/c1-13(2,3-4-14)7-17-12(19)9-5-8(15)6-10(11(9)16)18(20)21/h5-6H,3-4,7H2,1-2H3,(H,17,19). The van der Waals surface area contributed by atoms with Gasteiger partial charge in [0.1, 0.15) is 5.82 Å². The SMILES string of the molecule is CC(C)(CCCl)CNC(=O)c1cc(F)cc([N+](=O)[O-])c1F. The number of nitro groups is 1. The van der Waals surface area contributed by atoms with E-state index in [0.717, 1.165) is 0 Å². The molecule has 1 N–H and O–H groups in total. The number of nitrogens with one attached hydrogen (secondary N) is 1. The molecule has 0 saturated heterocycles. The van der Waals surface area contributed by atoms with Crippen LogP contribution in [0.1, 0.15) is 30.6 Å². The Balaban J connectivity index is 2.96. The first-order chi connectivity index (χ1) is 9.68. The van der Waals surface area contributed by atoms with Crippen LogP contribution in [0, 0.1) is 27.2 Å². The molecule has 0 aromatic heterocycles. The molecule has 0 aliphatic carbocycles. The van der Waals surface area contributed by atoms with Gasteiger partial charge in [0.15, 0.2) is 0 Å². The van der Waals surface area contributed by atoms with Crippen LogP contribution in [0.4, 0.5) is 14.5 Å². The summed E-state index contributed by atoms with van der Waals surface area (Å²) >= 11 is 5.62. The van der Waals surface area contributed by atoms with Gasteiger partial charge in [0.2, 0.25) is 5.82 Å². The monoisotopic (exact) mass is 320 g/mol. The van der Waals surface area contributed by atoms with E-state index in [1.165, 1.54) is 0 Å². The molecule has 116 valence electrons. The second kappa shape index (κ2) is 6.80. The van der Waals surface area contributed by atoms with Crippen LogP contribution in [-0.4, -0.2) is 23.3 Å². The lowest BCUT2D eigenvalue weighted by Crippen LogP contribution is -2.34. The topological polar surface area (TPSA) is 72.2 Å². The quantitative estimate of drug-likeness (QED) is 0.497. The molecule has 0 bridgehead atoms. The molecule has 0 fully saturated rings. The van der Waals surface area contributed by atoms with Crippen molar-refractivity contribution >= 4 is 23.2 Å². The maximum atomic E-state index is 13.8. The molecule has 1 aromatic carbocycles. The van der Waals surface area contributed by atoms with Gasteiger partial charge in [0.25, 0.3) is 5.91 Å². The zero-order valence-electron chi connectivity index (χ0n) is 11.6. The minimum atomic E-state index is -1.35. The van der Waals surface area contributed by atoms with Crippen molar-refractivity contribution in [2.75, 3.05) is 12.4 Å². The zero-order chi connectivity index (χ0) is 16.2. The largest absolute Gasteiger partial charge is 0.351 e. The number of hydrogen-bond donors (Lipinski definition) is 1. The highest BCUT2D eigenvalue weighted by Crippen LogP contribution is 2.23. The zero-order valence-corrected chi connectivity index (χ0v) is 12.3. The minimum absolute atomic E-state index is 0.183. The number of alkyl halides is 1. The lowest BCUT2D eigenvalue weighted by atomic mass is 9.90.